The molecule has 0 spiro atoms. The van der Waals surface area contributed by atoms with Gasteiger partial charge in [-0.05, 0) is 35.8 Å². The van der Waals surface area contributed by atoms with Gasteiger partial charge in [0.05, 0.1) is 18.1 Å². The van der Waals surface area contributed by atoms with E-state index in [4.69, 9.17) is 11.6 Å². The van der Waals surface area contributed by atoms with Crippen LogP contribution in [0, 0.1) is 6.92 Å². The SMILES string of the molecule is CCn1nc(C)c2nc(CCl)n(Cc3cc(Br)cs3)c21. The van der Waals surface area contributed by atoms with E-state index in [0.29, 0.717) is 5.88 Å². The van der Waals surface area contributed by atoms with Crippen LogP contribution in [-0.4, -0.2) is 19.3 Å². The molecular formula is C13H14BrClN4S. The lowest BCUT2D eigenvalue weighted by Gasteiger charge is -2.07. The molecule has 0 bridgehead atoms. The van der Waals surface area contributed by atoms with Crippen LogP contribution in [0.1, 0.15) is 23.3 Å². The first-order valence-electron chi connectivity index (χ1n) is 6.35. The molecule has 0 aliphatic carbocycles. The number of rotatable bonds is 4. The molecule has 0 fully saturated rings. The molecular weight excluding hydrogens is 360 g/mol. The number of thiophene rings is 1. The van der Waals surface area contributed by atoms with Crippen LogP contribution < -0.4 is 0 Å². The molecule has 0 saturated heterocycles. The largest absolute Gasteiger partial charge is 0.307 e. The zero-order valence-electron chi connectivity index (χ0n) is 11.2. The number of hydrogen-bond donors (Lipinski definition) is 0. The molecule has 3 aromatic heterocycles. The highest BCUT2D eigenvalue weighted by Gasteiger charge is 2.18. The predicted molar refractivity (Wildman–Crippen MR) is 86.6 cm³/mol. The first-order valence-corrected chi connectivity index (χ1v) is 8.56. The van der Waals surface area contributed by atoms with Crippen molar-refractivity contribution in [3.8, 4) is 0 Å². The molecule has 3 aromatic rings. The number of nitrogens with zero attached hydrogens (tertiary/aromatic N) is 4. The van der Waals surface area contributed by atoms with Gasteiger partial charge in [0.25, 0.3) is 0 Å². The number of alkyl halides is 1. The minimum absolute atomic E-state index is 0.407. The second kappa shape index (κ2) is 5.50. The lowest BCUT2D eigenvalue weighted by atomic mass is 10.4. The third-order valence-electron chi connectivity index (χ3n) is 3.23. The van der Waals surface area contributed by atoms with Crippen molar-refractivity contribution in [3.05, 3.63) is 32.3 Å². The molecule has 3 heterocycles. The van der Waals surface area contributed by atoms with Gasteiger partial charge >= 0.3 is 0 Å². The smallest absolute Gasteiger partial charge is 0.159 e. The van der Waals surface area contributed by atoms with Gasteiger partial charge < -0.3 is 4.57 Å². The Labute approximate surface area is 134 Å². The molecule has 3 rings (SSSR count). The van der Waals surface area contributed by atoms with Crippen molar-refractivity contribution in [2.45, 2.75) is 32.8 Å². The van der Waals surface area contributed by atoms with E-state index in [1.54, 1.807) is 11.3 Å². The van der Waals surface area contributed by atoms with Crippen LogP contribution in [0.25, 0.3) is 11.2 Å². The van der Waals surface area contributed by atoms with Gasteiger partial charge in [-0.15, -0.1) is 22.9 Å². The van der Waals surface area contributed by atoms with E-state index in [2.05, 4.69) is 48.9 Å². The summed E-state index contributed by atoms with van der Waals surface area (Å²) in [5.74, 6) is 1.30. The van der Waals surface area contributed by atoms with Gasteiger partial charge in [-0.25, -0.2) is 9.67 Å². The van der Waals surface area contributed by atoms with Crippen LogP contribution in [0.2, 0.25) is 0 Å². The fraction of sp³-hybridized carbons (Fsp3) is 0.385. The van der Waals surface area contributed by atoms with E-state index in [-0.39, 0.29) is 0 Å². The van der Waals surface area contributed by atoms with Crippen LogP contribution >= 0.6 is 38.9 Å². The summed E-state index contributed by atoms with van der Waals surface area (Å²) < 4.78 is 5.28. The molecule has 0 amide bonds. The molecule has 0 radical (unpaired) electrons. The summed E-state index contributed by atoms with van der Waals surface area (Å²) in [6.45, 7) is 5.68. The van der Waals surface area contributed by atoms with Crippen molar-refractivity contribution in [2.24, 2.45) is 0 Å². The fourth-order valence-corrected chi connectivity index (χ4v) is 3.99. The topological polar surface area (TPSA) is 35.6 Å². The van der Waals surface area contributed by atoms with Gasteiger partial charge in [0.15, 0.2) is 5.65 Å². The van der Waals surface area contributed by atoms with Crippen LogP contribution in [0.5, 0.6) is 0 Å². The first kappa shape index (κ1) is 14.1. The molecule has 106 valence electrons. The summed E-state index contributed by atoms with van der Waals surface area (Å²) in [7, 11) is 0. The average Bonchev–Trinajstić information content (AvgIpc) is 3.08. The highest BCUT2D eigenvalue weighted by Crippen LogP contribution is 2.25. The Morgan fingerprint density at radius 2 is 2.25 bits per heavy atom. The molecule has 0 aromatic carbocycles. The fourth-order valence-electron chi connectivity index (χ4n) is 2.35. The minimum Gasteiger partial charge on any atom is -0.307 e. The van der Waals surface area contributed by atoms with Crippen molar-refractivity contribution < 1.29 is 0 Å². The Balaban J connectivity index is 2.16. The third-order valence-corrected chi connectivity index (χ3v) is 5.15. The molecule has 0 aliphatic rings. The maximum absolute atomic E-state index is 6.06. The maximum atomic E-state index is 6.06. The van der Waals surface area contributed by atoms with E-state index in [9.17, 15) is 0 Å². The molecule has 0 unspecified atom stereocenters. The Morgan fingerprint density at radius 1 is 1.45 bits per heavy atom. The van der Waals surface area contributed by atoms with Crippen molar-refractivity contribution in [1.82, 2.24) is 19.3 Å². The molecule has 0 N–H and O–H groups in total. The number of aromatic nitrogens is 4. The second-order valence-electron chi connectivity index (χ2n) is 4.55. The summed E-state index contributed by atoms with van der Waals surface area (Å²) in [5.41, 5.74) is 2.97. The van der Waals surface area contributed by atoms with Crippen LogP contribution in [0.4, 0.5) is 0 Å². The Morgan fingerprint density at radius 3 is 2.85 bits per heavy atom. The normalized spacial score (nSPS) is 11.6. The van der Waals surface area contributed by atoms with Gasteiger partial charge in [0.1, 0.15) is 11.3 Å². The van der Waals surface area contributed by atoms with Crippen molar-refractivity contribution in [3.63, 3.8) is 0 Å². The number of fused-ring (bicyclic) bond motifs is 1. The van der Waals surface area contributed by atoms with Gasteiger partial charge in [-0.3, -0.25) is 0 Å². The first-order chi connectivity index (χ1) is 9.63. The number of imidazole rings is 1. The Hall–Kier alpha value is -0.850. The average molecular weight is 374 g/mol. The van der Waals surface area contributed by atoms with Crippen molar-refractivity contribution in [1.29, 1.82) is 0 Å². The number of aryl methyl sites for hydroxylation is 2. The highest BCUT2D eigenvalue weighted by atomic mass is 79.9. The third kappa shape index (κ3) is 2.29. The standard InChI is InChI=1S/C13H14BrClN4S/c1-3-19-13-12(8(2)17-19)16-11(5-15)18(13)6-10-4-9(14)7-20-10/h4,7H,3,5-6H2,1-2H3. The molecule has 0 saturated carbocycles. The molecule has 0 aliphatic heterocycles. The van der Waals surface area contributed by atoms with Gasteiger partial charge in [-0.1, -0.05) is 0 Å². The quantitative estimate of drug-likeness (QED) is 0.643. The van der Waals surface area contributed by atoms with Crippen molar-refractivity contribution in [2.75, 3.05) is 0 Å². The lowest BCUT2D eigenvalue weighted by Crippen LogP contribution is -2.08. The van der Waals surface area contributed by atoms with E-state index >= 15 is 0 Å². The highest BCUT2D eigenvalue weighted by molar-refractivity contribution is 9.10. The summed E-state index contributed by atoms with van der Waals surface area (Å²) in [6.07, 6.45) is 0. The van der Waals surface area contributed by atoms with Gasteiger partial charge in [-0.2, -0.15) is 5.10 Å². The monoisotopic (exact) mass is 372 g/mol. The zero-order valence-corrected chi connectivity index (χ0v) is 14.4. The zero-order chi connectivity index (χ0) is 14.3. The van der Waals surface area contributed by atoms with E-state index in [1.807, 2.05) is 11.6 Å². The van der Waals surface area contributed by atoms with Gasteiger partial charge in [0.2, 0.25) is 0 Å². The summed E-state index contributed by atoms with van der Waals surface area (Å²) in [5, 5.41) is 6.63. The molecule has 0 atom stereocenters. The molecule has 4 nitrogen and oxygen atoms in total. The van der Waals surface area contributed by atoms with E-state index in [1.165, 1.54) is 4.88 Å². The molecule has 20 heavy (non-hydrogen) atoms. The predicted octanol–water partition coefficient (Wildman–Crippen LogP) is 4.17. The lowest BCUT2D eigenvalue weighted by molar-refractivity contribution is 0.640. The van der Waals surface area contributed by atoms with Crippen LogP contribution in [0.15, 0.2) is 15.9 Å². The van der Waals surface area contributed by atoms with Crippen molar-refractivity contribution >= 4 is 50.0 Å². The maximum Gasteiger partial charge on any atom is 0.159 e. The molecule has 7 heteroatoms. The van der Waals surface area contributed by atoms with Crippen LogP contribution in [0.3, 0.4) is 0 Å². The van der Waals surface area contributed by atoms with E-state index in [0.717, 1.165) is 40.2 Å². The van der Waals surface area contributed by atoms with E-state index < -0.39 is 0 Å². The van der Waals surface area contributed by atoms with Gasteiger partial charge in [0, 0.05) is 21.3 Å². The summed E-state index contributed by atoms with van der Waals surface area (Å²) in [4.78, 5) is 5.91. The Bertz CT molecular complexity index is 758. The minimum atomic E-state index is 0.407. The summed E-state index contributed by atoms with van der Waals surface area (Å²) >= 11 is 11.3. The second-order valence-corrected chi connectivity index (χ2v) is 6.73. The number of halogens is 2. The summed E-state index contributed by atoms with van der Waals surface area (Å²) in [6, 6.07) is 2.13. The van der Waals surface area contributed by atoms with Crippen LogP contribution in [-0.2, 0) is 19.0 Å². The Kier molecular flexibility index (Phi) is 3.88. The number of hydrogen-bond acceptors (Lipinski definition) is 3.